The lowest BCUT2D eigenvalue weighted by molar-refractivity contribution is -0.385. The van der Waals surface area contributed by atoms with Crippen molar-refractivity contribution in [3.63, 3.8) is 0 Å². The van der Waals surface area contributed by atoms with Crippen molar-refractivity contribution in [3.05, 3.63) is 22.5 Å². The highest BCUT2D eigenvalue weighted by Crippen LogP contribution is 2.11. The number of rotatable bonds is 3. The number of nitro groups is 1. The maximum Gasteiger partial charge on any atom is 0.306 e. The first-order valence-electron chi connectivity index (χ1n) is 4.66. The Kier molecular flexibility index (Phi) is 2.45. The molecular weight excluding hydrogens is 184 g/mol. The quantitative estimate of drug-likeness (QED) is 0.565. The molecule has 0 aromatic carbocycles. The summed E-state index contributed by atoms with van der Waals surface area (Å²) in [5.74, 6) is 0. The van der Waals surface area contributed by atoms with Gasteiger partial charge >= 0.3 is 5.69 Å². The molecule has 1 fully saturated rings. The zero-order valence-corrected chi connectivity index (χ0v) is 7.72. The minimum atomic E-state index is -0.425. The van der Waals surface area contributed by atoms with Crippen LogP contribution in [0.5, 0.6) is 0 Å². The largest absolute Gasteiger partial charge is 0.312 e. The Labute approximate surface area is 81.1 Å². The van der Waals surface area contributed by atoms with Crippen molar-refractivity contribution in [1.29, 1.82) is 0 Å². The van der Waals surface area contributed by atoms with E-state index in [1.165, 1.54) is 18.8 Å². The number of hydrogen-bond acceptors (Lipinski definition) is 4. The first-order chi connectivity index (χ1) is 6.75. The van der Waals surface area contributed by atoms with Gasteiger partial charge in [0.1, 0.15) is 12.4 Å². The standard InChI is InChI=1S/C8H12N4O2/c13-12(14)8-4-10-11(6-8)5-7-2-1-3-9-7/h4,6-7,9H,1-3,5H2/t7-/m1/s1. The lowest BCUT2D eigenvalue weighted by Gasteiger charge is -2.08. The molecule has 1 N–H and O–H groups in total. The Balaban J connectivity index is 1.98. The molecule has 0 bridgehead atoms. The average molecular weight is 196 g/mol. The van der Waals surface area contributed by atoms with Crippen molar-refractivity contribution < 1.29 is 4.92 Å². The third-order valence-electron chi connectivity index (χ3n) is 2.40. The zero-order chi connectivity index (χ0) is 9.97. The molecule has 6 heteroatoms. The lowest BCUT2D eigenvalue weighted by atomic mass is 10.2. The Morgan fingerprint density at radius 1 is 1.79 bits per heavy atom. The summed E-state index contributed by atoms with van der Waals surface area (Å²) in [5, 5.41) is 17.6. The van der Waals surface area contributed by atoms with Crippen molar-refractivity contribution in [2.45, 2.75) is 25.4 Å². The Morgan fingerprint density at radius 2 is 2.64 bits per heavy atom. The van der Waals surface area contributed by atoms with Gasteiger partial charge in [0, 0.05) is 6.04 Å². The maximum absolute atomic E-state index is 10.4. The summed E-state index contributed by atoms with van der Waals surface area (Å²) in [7, 11) is 0. The second-order valence-corrected chi connectivity index (χ2v) is 3.47. The summed E-state index contributed by atoms with van der Waals surface area (Å²) in [6.45, 7) is 1.75. The fourth-order valence-electron chi connectivity index (χ4n) is 1.69. The Morgan fingerprint density at radius 3 is 3.21 bits per heavy atom. The topological polar surface area (TPSA) is 73.0 Å². The molecule has 1 saturated heterocycles. The fraction of sp³-hybridized carbons (Fsp3) is 0.625. The number of nitrogens with one attached hydrogen (secondary N) is 1. The van der Waals surface area contributed by atoms with Gasteiger partial charge in [0.05, 0.1) is 11.5 Å². The molecule has 0 unspecified atom stereocenters. The van der Waals surface area contributed by atoms with E-state index in [2.05, 4.69) is 10.4 Å². The van der Waals surface area contributed by atoms with Crippen molar-refractivity contribution in [1.82, 2.24) is 15.1 Å². The summed E-state index contributed by atoms with van der Waals surface area (Å²) in [4.78, 5) is 9.96. The summed E-state index contributed by atoms with van der Waals surface area (Å²) in [6, 6.07) is 0.412. The average Bonchev–Trinajstić information content (AvgIpc) is 2.75. The molecule has 0 radical (unpaired) electrons. The van der Waals surface area contributed by atoms with Crippen molar-refractivity contribution >= 4 is 5.69 Å². The van der Waals surface area contributed by atoms with Gasteiger partial charge < -0.3 is 5.32 Å². The van der Waals surface area contributed by atoms with E-state index in [9.17, 15) is 10.1 Å². The molecule has 1 aromatic heterocycles. The first-order valence-corrected chi connectivity index (χ1v) is 4.66. The van der Waals surface area contributed by atoms with E-state index in [4.69, 9.17) is 0 Å². The highest BCUT2D eigenvalue weighted by Gasteiger charge is 2.16. The van der Waals surface area contributed by atoms with E-state index in [-0.39, 0.29) is 5.69 Å². The number of hydrogen-bond donors (Lipinski definition) is 1. The van der Waals surface area contributed by atoms with Crippen LogP contribution >= 0.6 is 0 Å². The molecule has 1 aliphatic rings. The number of nitrogens with zero attached hydrogens (tertiary/aromatic N) is 3. The third kappa shape index (κ3) is 1.90. The minimum absolute atomic E-state index is 0.0583. The van der Waals surface area contributed by atoms with E-state index in [0.29, 0.717) is 12.6 Å². The van der Waals surface area contributed by atoms with Crippen LogP contribution in [0.2, 0.25) is 0 Å². The predicted molar refractivity (Wildman–Crippen MR) is 49.9 cm³/mol. The van der Waals surface area contributed by atoms with Gasteiger partial charge in [-0.25, -0.2) is 0 Å². The second kappa shape index (κ2) is 3.75. The lowest BCUT2D eigenvalue weighted by Crippen LogP contribution is -2.26. The van der Waals surface area contributed by atoms with E-state index < -0.39 is 4.92 Å². The normalized spacial score (nSPS) is 21.3. The van der Waals surface area contributed by atoms with Crippen LogP contribution < -0.4 is 5.32 Å². The summed E-state index contributed by atoms with van der Waals surface area (Å²) < 4.78 is 1.63. The highest BCUT2D eigenvalue weighted by molar-refractivity contribution is 5.20. The molecule has 1 aliphatic heterocycles. The SMILES string of the molecule is O=[N+]([O-])c1cnn(C[C@H]2CCCN2)c1. The maximum atomic E-state index is 10.4. The van der Waals surface area contributed by atoms with Gasteiger partial charge in [0.2, 0.25) is 0 Å². The molecule has 1 aromatic rings. The van der Waals surface area contributed by atoms with Crippen molar-refractivity contribution in [2.24, 2.45) is 0 Å². The molecule has 0 spiro atoms. The second-order valence-electron chi connectivity index (χ2n) is 3.47. The first kappa shape index (κ1) is 9.14. The summed E-state index contributed by atoms with van der Waals surface area (Å²) in [6.07, 6.45) is 5.05. The summed E-state index contributed by atoms with van der Waals surface area (Å²) >= 11 is 0. The van der Waals surface area contributed by atoms with Gasteiger partial charge in [-0.15, -0.1) is 0 Å². The van der Waals surface area contributed by atoms with E-state index in [1.807, 2.05) is 0 Å². The van der Waals surface area contributed by atoms with E-state index in [0.717, 1.165) is 13.0 Å². The van der Waals surface area contributed by atoms with E-state index >= 15 is 0 Å². The molecular formula is C8H12N4O2. The van der Waals surface area contributed by atoms with Crippen LogP contribution in [-0.4, -0.2) is 27.3 Å². The van der Waals surface area contributed by atoms with Crippen LogP contribution in [0, 0.1) is 10.1 Å². The van der Waals surface area contributed by atoms with Crippen LogP contribution in [0.4, 0.5) is 5.69 Å². The molecule has 2 rings (SSSR count). The van der Waals surface area contributed by atoms with E-state index in [1.54, 1.807) is 4.68 Å². The minimum Gasteiger partial charge on any atom is -0.312 e. The van der Waals surface area contributed by atoms with Crippen LogP contribution in [0.15, 0.2) is 12.4 Å². The molecule has 0 saturated carbocycles. The van der Waals surface area contributed by atoms with Gasteiger partial charge in [-0.2, -0.15) is 5.10 Å². The predicted octanol–water partition coefficient (Wildman–Crippen LogP) is 0.543. The third-order valence-corrected chi connectivity index (χ3v) is 2.40. The summed E-state index contributed by atoms with van der Waals surface area (Å²) in [5.41, 5.74) is 0.0583. The van der Waals surface area contributed by atoms with Crippen molar-refractivity contribution in [3.8, 4) is 0 Å². The Bertz CT molecular complexity index is 330. The molecule has 6 nitrogen and oxygen atoms in total. The zero-order valence-electron chi connectivity index (χ0n) is 7.72. The van der Waals surface area contributed by atoms with Crippen LogP contribution in [-0.2, 0) is 6.54 Å². The van der Waals surface area contributed by atoms with Gasteiger partial charge in [-0.1, -0.05) is 0 Å². The monoisotopic (exact) mass is 196 g/mol. The Hall–Kier alpha value is -1.43. The molecule has 0 amide bonds. The van der Waals surface area contributed by atoms with Gasteiger partial charge in [0.15, 0.2) is 0 Å². The van der Waals surface area contributed by atoms with Gasteiger partial charge in [-0.05, 0) is 19.4 Å². The highest BCUT2D eigenvalue weighted by atomic mass is 16.6. The fourth-order valence-corrected chi connectivity index (χ4v) is 1.69. The molecule has 2 heterocycles. The van der Waals surface area contributed by atoms with Gasteiger partial charge in [-0.3, -0.25) is 14.8 Å². The van der Waals surface area contributed by atoms with Crippen LogP contribution in [0.1, 0.15) is 12.8 Å². The van der Waals surface area contributed by atoms with Crippen LogP contribution in [0.3, 0.4) is 0 Å². The van der Waals surface area contributed by atoms with Gasteiger partial charge in [0.25, 0.3) is 0 Å². The number of aromatic nitrogens is 2. The molecule has 1 atom stereocenters. The molecule has 14 heavy (non-hydrogen) atoms. The van der Waals surface area contributed by atoms with Crippen LogP contribution in [0.25, 0.3) is 0 Å². The smallest absolute Gasteiger partial charge is 0.306 e. The van der Waals surface area contributed by atoms with Crippen molar-refractivity contribution in [2.75, 3.05) is 6.54 Å². The molecule has 76 valence electrons. The molecule has 0 aliphatic carbocycles.